The van der Waals surface area contributed by atoms with Gasteiger partial charge in [0.15, 0.2) is 5.65 Å². The third-order valence-corrected chi connectivity index (χ3v) is 3.75. The van der Waals surface area contributed by atoms with Crippen molar-refractivity contribution in [1.82, 2.24) is 19.5 Å². The number of imidazole rings is 1. The molecule has 7 heteroatoms. The molecule has 23 heavy (non-hydrogen) atoms. The van der Waals surface area contributed by atoms with Crippen LogP contribution in [0.15, 0.2) is 36.9 Å². The second-order valence-corrected chi connectivity index (χ2v) is 5.20. The number of para-hydroxylation sites is 1. The van der Waals surface area contributed by atoms with Crippen molar-refractivity contribution >= 4 is 16.9 Å². The molecule has 120 valence electrons. The maximum Gasteiger partial charge on any atom is 0.164 e. The van der Waals surface area contributed by atoms with Crippen LogP contribution in [0.2, 0.25) is 0 Å². The van der Waals surface area contributed by atoms with Gasteiger partial charge in [-0.1, -0.05) is 18.2 Å². The van der Waals surface area contributed by atoms with Gasteiger partial charge in [0.05, 0.1) is 25.3 Å². The number of hydrogen-bond acceptors (Lipinski definition) is 6. The van der Waals surface area contributed by atoms with Crippen LogP contribution in [0.25, 0.3) is 11.2 Å². The van der Waals surface area contributed by atoms with Crippen LogP contribution in [0, 0.1) is 0 Å². The number of benzene rings is 1. The van der Waals surface area contributed by atoms with Crippen molar-refractivity contribution in [3.05, 3.63) is 48.2 Å². The van der Waals surface area contributed by atoms with Gasteiger partial charge >= 0.3 is 0 Å². The van der Waals surface area contributed by atoms with E-state index in [1.54, 1.807) is 17.2 Å². The highest BCUT2D eigenvalue weighted by Gasteiger charge is 2.10. The maximum atomic E-state index is 8.97. The SMILES string of the molecule is NCn1cnc2c(CCc3ccccc3NCCO)ncnc21. The van der Waals surface area contributed by atoms with Crippen molar-refractivity contribution in [2.24, 2.45) is 5.73 Å². The van der Waals surface area contributed by atoms with Gasteiger partial charge in [0.2, 0.25) is 0 Å². The molecule has 0 radical (unpaired) electrons. The normalized spacial score (nSPS) is 11.0. The topological polar surface area (TPSA) is 102 Å². The van der Waals surface area contributed by atoms with Crippen LogP contribution >= 0.6 is 0 Å². The van der Waals surface area contributed by atoms with Crippen molar-refractivity contribution < 1.29 is 5.11 Å². The summed E-state index contributed by atoms with van der Waals surface area (Å²) in [5, 5.41) is 12.2. The molecule has 1 aromatic carbocycles. The Morgan fingerprint density at radius 2 is 2.00 bits per heavy atom. The number of anilines is 1. The Morgan fingerprint density at radius 3 is 2.83 bits per heavy atom. The lowest BCUT2D eigenvalue weighted by atomic mass is 10.1. The average Bonchev–Trinajstić information content (AvgIpc) is 3.02. The Kier molecular flexibility index (Phi) is 4.80. The van der Waals surface area contributed by atoms with Gasteiger partial charge in [0.25, 0.3) is 0 Å². The summed E-state index contributed by atoms with van der Waals surface area (Å²) in [6, 6.07) is 8.09. The summed E-state index contributed by atoms with van der Waals surface area (Å²) in [7, 11) is 0. The number of nitrogens with zero attached hydrogens (tertiary/aromatic N) is 4. The number of hydrogen-bond donors (Lipinski definition) is 3. The van der Waals surface area contributed by atoms with E-state index in [-0.39, 0.29) is 6.61 Å². The van der Waals surface area contributed by atoms with Crippen LogP contribution in [-0.4, -0.2) is 37.8 Å². The molecular weight excluding hydrogens is 292 g/mol. The summed E-state index contributed by atoms with van der Waals surface area (Å²) < 4.78 is 1.80. The van der Waals surface area contributed by atoms with Crippen LogP contribution in [-0.2, 0) is 19.5 Å². The molecule has 4 N–H and O–H groups in total. The number of aliphatic hydroxyl groups excluding tert-OH is 1. The average molecular weight is 312 g/mol. The first kappa shape index (κ1) is 15.4. The summed E-state index contributed by atoms with van der Waals surface area (Å²) in [4.78, 5) is 13.0. The largest absolute Gasteiger partial charge is 0.395 e. The van der Waals surface area contributed by atoms with Crippen LogP contribution in [0.4, 0.5) is 5.69 Å². The van der Waals surface area contributed by atoms with E-state index in [9.17, 15) is 0 Å². The molecule has 0 amide bonds. The molecule has 0 fully saturated rings. The lowest BCUT2D eigenvalue weighted by Gasteiger charge is -2.11. The van der Waals surface area contributed by atoms with Gasteiger partial charge in [0, 0.05) is 12.2 Å². The standard InChI is InChI=1S/C16H20N6O/c17-9-22-11-21-15-14(19-10-20-16(15)22)6-5-12-3-1-2-4-13(12)18-7-8-23/h1-4,10-11,18,23H,5-9,17H2. The lowest BCUT2D eigenvalue weighted by Crippen LogP contribution is -2.08. The number of aliphatic hydroxyl groups is 1. The highest BCUT2D eigenvalue weighted by molar-refractivity contribution is 5.73. The van der Waals surface area contributed by atoms with E-state index in [0.29, 0.717) is 13.2 Å². The fourth-order valence-electron chi connectivity index (χ4n) is 2.60. The van der Waals surface area contributed by atoms with Crippen molar-refractivity contribution in [3.63, 3.8) is 0 Å². The Bertz CT molecular complexity index is 785. The number of aryl methyl sites for hydroxylation is 2. The fraction of sp³-hybridized carbons (Fsp3) is 0.312. The summed E-state index contributed by atoms with van der Waals surface area (Å²) in [6.07, 6.45) is 4.84. The minimum atomic E-state index is 0.109. The van der Waals surface area contributed by atoms with Crippen LogP contribution in [0.1, 0.15) is 11.3 Å². The molecule has 3 aromatic rings. The highest BCUT2D eigenvalue weighted by Crippen LogP contribution is 2.19. The Balaban J connectivity index is 1.80. The van der Waals surface area contributed by atoms with E-state index in [4.69, 9.17) is 10.8 Å². The van der Waals surface area contributed by atoms with Gasteiger partial charge in [-0.2, -0.15) is 0 Å². The van der Waals surface area contributed by atoms with E-state index < -0.39 is 0 Å². The number of rotatable bonds is 7. The first-order valence-electron chi connectivity index (χ1n) is 7.61. The molecule has 7 nitrogen and oxygen atoms in total. The van der Waals surface area contributed by atoms with E-state index in [1.165, 1.54) is 5.56 Å². The van der Waals surface area contributed by atoms with E-state index in [2.05, 4.69) is 26.3 Å². The molecule has 0 spiro atoms. The lowest BCUT2D eigenvalue weighted by molar-refractivity contribution is 0.311. The molecule has 0 aliphatic heterocycles. The van der Waals surface area contributed by atoms with Crippen molar-refractivity contribution in [3.8, 4) is 0 Å². The molecular formula is C16H20N6O. The molecule has 0 aliphatic rings. The first-order valence-corrected chi connectivity index (χ1v) is 7.61. The summed E-state index contributed by atoms with van der Waals surface area (Å²) in [6.45, 7) is 0.994. The second kappa shape index (κ2) is 7.17. The van der Waals surface area contributed by atoms with Crippen LogP contribution in [0.3, 0.4) is 0 Å². The van der Waals surface area contributed by atoms with Crippen LogP contribution in [0.5, 0.6) is 0 Å². The van der Waals surface area contributed by atoms with Gasteiger partial charge in [-0.05, 0) is 24.5 Å². The molecule has 3 rings (SSSR count). The molecule has 0 saturated carbocycles. The molecule has 0 bridgehead atoms. The maximum absolute atomic E-state index is 8.97. The monoisotopic (exact) mass is 312 g/mol. The Morgan fingerprint density at radius 1 is 1.13 bits per heavy atom. The molecule has 0 saturated heterocycles. The number of nitrogens with one attached hydrogen (secondary N) is 1. The second-order valence-electron chi connectivity index (χ2n) is 5.20. The van der Waals surface area contributed by atoms with Gasteiger partial charge < -0.3 is 20.7 Å². The van der Waals surface area contributed by atoms with Gasteiger partial charge in [-0.15, -0.1) is 0 Å². The highest BCUT2D eigenvalue weighted by atomic mass is 16.3. The van der Waals surface area contributed by atoms with Crippen molar-refractivity contribution in [1.29, 1.82) is 0 Å². The summed E-state index contributed by atoms with van der Waals surface area (Å²) >= 11 is 0. The molecule has 0 unspecified atom stereocenters. The third-order valence-electron chi connectivity index (χ3n) is 3.75. The number of nitrogens with two attached hydrogens (primary N) is 1. The number of aromatic nitrogens is 4. The molecule has 0 atom stereocenters. The molecule has 0 aliphatic carbocycles. The fourth-order valence-corrected chi connectivity index (χ4v) is 2.60. The van der Waals surface area contributed by atoms with Crippen LogP contribution < -0.4 is 11.1 Å². The van der Waals surface area contributed by atoms with Crippen molar-refractivity contribution in [2.45, 2.75) is 19.5 Å². The number of fused-ring (bicyclic) bond motifs is 1. The summed E-state index contributed by atoms with van der Waals surface area (Å²) in [5.74, 6) is 0. The van der Waals surface area contributed by atoms with Gasteiger partial charge in [0.1, 0.15) is 11.8 Å². The first-order chi connectivity index (χ1) is 11.3. The van der Waals surface area contributed by atoms with Crippen molar-refractivity contribution in [2.75, 3.05) is 18.5 Å². The Labute approximate surface area is 134 Å². The zero-order chi connectivity index (χ0) is 16.1. The predicted octanol–water partition coefficient (Wildman–Crippen LogP) is 0.932. The minimum absolute atomic E-state index is 0.109. The molecule has 2 heterocycles. The molecule has 2 aromatic heterocycles. The zero-order valence-electron chi connectivity index (χ0n) is 12.8. The van der Waals surface area contributed by atoms with Gasteiger partial charge in [-0.3, -0.25) is 0 Å². The van der Waals surface area contributed by atoms with Gasteiger partial charge in [-0.25, -0.2) is 15.0 Å². The smallest absolute Gasteiger partial charge is 0.164 e. The van der Waals surface area contributed by atoms with E-state index in [1.807, 2.05) is 18.2 Å². The quantitative estimate of drug-likeness (QED) is 0.600. The summed E-state index contributed by atoms with van der Waals surface area (Å²) in [5.41, 5.74) is 10.4. The third kappa shape index (κ3) is 3.30. The van der Waals surface area contributed by atoms with E-state index >= 15 is 0 Å². The predicted molar refractivity (Wildman–Crippen MR) is 88.9 cm³/mol. The minimum Gasteiger partial charge on any atom is -0.395 e. The van der Waals surface area contributed by atoms with E-state index in [0.717, 1.165) is 35.4 Å². The zero-order valence-corrected chi connectivity index (χ0v) is 12.8. The Hall–Kier alpha value is -2.51.